The first-order valence-electron chi connectivity index (χ1n) is 8.28. The number of aromatic nitrogens is 1. The Balaban J connectivity index is 1.55. The number of benzene rings is 1. The van der Waals surface area contributed by atoms with E-state index < -0.39 is 0 Å². The zero-order chi connectivity index (χ0) is 16.2. The number of fused-ring (bicyclic) bond motifs is 1. The van der Waals surface area contributed by atoms with E-state index in [-0.39, 0.29) is 11.8 Å². The van der Waals surface area contributed by atoms with Crippen molar-refractivity contribution in [3.63, 3.8) is 0 Å². The minimum atomic E-state index is -0.281. The summed E-state index contributed by atoms with van der Waals surface area (Å²) < 4.78 is 1.91. The van der Waals surface area contributed by atoms with Crippen molar-refractivity contribution in [3.8, 4) is 0 Å². The highest BCUT2D eigenvalue weighted by atomic mass is 16.2. The molecule has 5 nitrogen and oxygen atoms in total. The van der Waals surface area contributed by atoms with Gasteiger partial charge in [-0.1, -0.05) is 43.9 Å². The standard InChI is InChI=1S/C18H23N3O2/c1-21-12-15(14-8-4-5-9-16(14)21)18(23)20-19-17(22)11-10-13-6-2-3-7-13/h4-5,8-9,12-13H,2-3,6-7,10-11H2,1H3,(H,19,22)(H,20,23). The number of hydrogen-bond donors (Lipinski definition) is 2. The quantitative estimate of drug-likeness (QED) is 0.853. The SMILES string of the molecule is Cn1cc(C(=O)NNC(=O)CCC2CCCC2)c2ccccc21. The number of aryl methyl sites for hydroxylation is 1. The molecule has 0 spiro atoms. The van der Waals surface area contributed by atoms with Gasteiger partial charge in [-0.15, -0.1) is 0 Å². The average Bonchev–Trinajstić information content (AvgIpc) is 3.19. The highest BCUT2D eigenvalue weighted by Crippen LogP contribution is 2.28. The van der Waals surface area contributed by atoms with Crippen LogP contribution in [0.4, 0.5) is 0 Å². The number of rotatable bonds is 4. The molecule has 0 radical (unpaired) electrons. The van der Waals surface area contributed by atoms with Crippen molar-refractivity contribution < 1.29 is 9.59 Å². The van der Waals surface area contributed by atoms with E-state index >= 15 is 0 Å². The predicted molar refractivity (Wildman–Crippen MR) is 89.7 cm³/mol. The van der Waals surface area contributed by atoms with Crippen LogP contribution in [0.2, 0.25) is 0 Å². The number of nitrogens with zero attached hydrogens (tertiary/aromatic N) is 1. The Morgan fingerprint density at radius 3 is 2.70 bits per heavy atom. The van der Waals surface area contributed by atoms with Crippen molar-refractivity contribution in [1.29, 1.82) is 0 Å². The number of hydrogen-bond acceptors (Lipinski definition) is 2. The summed E-state index contributed by atoms with van der Waals surface area (Å²) >= 11 is 0. The van der Waals surface area contributed by atoms with E-state index in [4.69, 9.17) is 0 Å². The van der Waals surface area contributed by atoms with Crippen LogP contribution >= 0.6 is 0 Å². The van der Waals surface area contributed by atoms with Crippen LogP contribution in [0.15, 0.2) is 30.5 Å². The fourth-order valence-corrected chi connectivity index (χ4v) is 3.41. The van der Waals surface area contributed by atoms with Crippen LogP contribution in [-0.4, -0.2) is 16.4 Å². The third-order valence-corrected chi connectivity index (χ3v) is 4.71. The van der Waals surface area contributed by atoms with Crippen molar-refractivity contribution >= 4 is 22.7 Å². The van der Waals surface area contributed by atoms with Crippen LogP contribution in [0.1, 0.15) is 48.9 Å². The van der Waals surface area contributed by atoms with Crippen molar-refractivity contribution in [2.24, 2.45) is 13.0 Å². The van der Waals surface area contributed by atoms with Crippen LogP contribution in [-0.2, 0) is 11.8 Å². The number of para-hydroxylation sites is 1. The lowest BCUT2D eigenvalue weighted by Gasteiger charge is -2.09. The fourth-order valence-electron chi connectivity index (χ4n) is 3.41. The molecule has 2 amide bonds. The summed E-state index contributed by atoms with van der Waals surface area (Å²) in [5.41, 5.74) is 6.62. The molecule has 0 unspecified atom stereocenters. The fraction of sp³-hybridized carbons (Fsp3) is 0.444. The topological polar surface area (TPSA) is 63.1 Å². The Hall–Kier alpha value is -2.30. The van der Waals surface area contributed by atoms with Crippen LogP contribution in [0.3, 0.4) is 0 Å². The number of carbonyl (C=O) groups excluding carboxylic acids is 2. The first-order valence-corrected chi connectivity index (χ1v) is 8.28. The molecule has 23 heavy (non-hydrogen) atoms. The van der Waals surface area contributed by atoms with E-state index in [9.17, 15) is 9.59 Å². The Morgan fingerprint density at radius 1 is 1.17 bits per heavy atom. The molecule has 2 aromatic rings. The molecule has 0 aliphatic heterocycles. The molecule has 1 heterocycles. The number of amides is 2. The van der Waals surface area contributed by atoms with E-state index in [1.165, 1.54) is 25.7 Å². The van der Waals surface area contributed by atoms with Gasteiger partial charge in [0.1, 0.15) is 0 Å². The van der Waals surface area contributed by atoms with Gasteiger partial charge in [0, 0.05) is 30.6 Å². The summed E-state index contributed by atoms with van der Waals surface area (Å²) in [6, 6.07) is 7.71. The van der Waals surface area contributed by atoms with Gasteiger partial charge in [-0.05, 0) is 18.4 Å². The highest BCUT2D eigenvalue weighted by molar-refractivity contribution is 6.07. The lowest BCUT2D eigenvalue weighted by Crippen LogP contribution is -2.41. The maximum absolute atomic E-state index is 12.3. The second kappa shape index (κ2) is 6.86. The molecule has 2 N–H and O–H groups in total. The van der Waals surface area contributed by atoms with Gasteiger partial charge in [0.15, 0.2) is 0 Å². The van der Waals surface area contributed by atoms with Crippen molar-refractivity contribution in [1.82, 2.24) is 15.4 Å². The second-order valence-corrected chi connectivity index (χ2v) is 6.36. The normalized spacial score (nSPS) is 15.0. The van der Waals surface area contributed by atoms with Crippen molar-refractivity contribution in [2.45, 2.75) is 38.5 Å². The van der Waals surface area contributed by atoms with Crippen molar-refractivity contribution in [3.05, 3.63) is 36.0 Å². The number of nitrogens with one attached hydrogen (secondary N) is 2. The van der Waals surface area contributed by atoms with E-state index in [0.29, 0.717) is 17.9 Å². The van der Waals surface area contributed by atoms with Crippen LogP contribution < -0.4 is 10.9 Å². The van der Waals surface area contributed by atoms with Crippen LogP contribution in [0.5, 0.6) is 0 Å². The van der Waals surface area contributed by atoms with E-state index in [0.717, 1.165) is 17.3 Å². The van der Waals surface area contributed by atoms with Gasteiger partial charge in [0.2, 0.25) is 5.91 Å². The molecule has 122 valence electrons. The zero-order valence-electron chi connectivity index (χ0n) is 13.5. The molecule has 0 atom stereocenters. The monoisotopic (exact) mass is 313 g/mol. The lowest BCUT2D eigenvalue weighted by molar-refractivity contribution is -0.122. The van der Waals surface area contributed by atoms with Gasteiger partial charge in [0.25, 0.3) is 5.91 Å². The molecular formula is C18H23N3O2. The maximum atomic E-state index is 12.3. The Bertz CT molecular complexity index is 714. The molecule has 1 fully saturated rings. The molecule has 5 heteroatoms. The van der Waals surface area contributed by atoms with Crippen molar-refractivity contribution in [2.75, 3.05) is 0 Å². The van der Waals surface area contributed by atoms with Gasteiger partial charge in [-0.3, -0.25) is 20.4 Å². The molecule has 1 saturated carbocycles. The Labute approximate surface area is 136 Å². The van der Waals surface area contributed by atoms with E-state index in [1.54, 1.807) is 6.20 Å². The molecular weight excluding hydrogens is 290 g/mol. The third-order valence-electron chi connectivity index (χ3n) is 4.71. The average molecular weight is 313 g/mol. The predicted octanol–water partition coefficient (Wildman–Crippen LogP) is 2.91. The summed E-state index contributed by atoms with van der Waals surface area (Å²) in [6.45, 7) is 0. The number of carbonyl (C=O) groups is 2. The highest BCUT2D eigenvalue weighted by Gasteiger charge is 2.17. The van der Waals surface area contributed by atoms with Crippen LogP contribution in [0, 0.1) is 5.92 Å². The van der Waals surface area contributed by atoms with Gasteiger partial charge < -0.3 is 4.57 Å². The molecule has 1 aromatic heterocycles. The Morgan fingerprint density at radius 2 is 1.91 bits per heavy atom. The third kappa shape index (κ3) is 3.55. The first kappa shape index (κ1) is 15.6. The first-order chi connectivity index (χ1) is 11.1. The van der Waals surface area contributed by atoms with E-state index in [2.05, 4.69) is 10.9 Å². The molecule has 0 bridgehead atoms. The van der Waals surface area contributed by atoms with Gasteiger partial charge in [-0.25, -0.2) is 0 Å². The van der Waals surface area contributed by atoms with E-state index in [1.807, 2.05) is 35.9 Å². The largest absolute Gasteiger partial charge is 0.350 e. The molecule has 1 aromatic carbocycles. The zero-order valence-corrected chi connectivity index (χ0v) is 13.5. The summed E-state index contributed by atoms with van der Waals surface area (Å²) in [4.78, 5) is 24.2. The van der Waals surface area contributed by atoms with Gasteiger partial charge in [0.05, 0.1) is 5.56 Å². The summed E-state index contributed by atoms with van der Waals surface area (Å²) in [5, 5.41) is 0.882. The molecule has 3 rings (SSSR count). The number of hydrazine groups is 1. The maximum Gasteiger partial charge on any atom is 0.271 e. The minimum Gasteiger partial charge on any atom is -0.350 e. The summed E-state index contributed by atoms with van der Waals surface area (Å²) in [7, 11) is 1.90. The smallest absolute Gasteiger partial charge is 0.271 e. The minimum absolute atomic E-state index is 0.120. The second-order valence-electron chi connectivity index (χ2n) is 6.36. The summed E-state index contributed by atoms with van der Waals surface area (Å²) in [5.74, 6) is 0.274. The van der Waals surface area contributed by atoms with Crippen LogP contribution in [0.25, 0.3) is 10.9 Å². The van der Waals surface area contributed by atoms with Gasteiger partial charge >= 0.3 is 0 Å². The Kier molecular flexibility index (Phi) is 4.65. The summed E-state index contributed by atoms with van der Waals surface area (Å²) in [6.07, 6.45) is 8.20. The molecule has 1 aliphatic carbocycles. The molecule has 0 saturated heterocycles. The lowest BCUT2D eigenvalue weighted by atomic mass is 10.0. The molecule has 1 aliphatic rings. The van der Waals surface area contributed by atoms with Gasteiger partial charge in [-0.2, -0.15) is 0 Å².